The van der Waals surface area contributed by atoms with Crippen LogP contribution in [0.4, 0.5) is 0 Å². The highest BCUT2D eigenvalue weighted by atomic mass is 35.5. The van der Waals surface area contributed by atoms with Crippen LogP contribution in [-0.4, -0.2) is 35.7 Å². The number of carbonyl (C=O) groups is 1. The van der Waals surface area contributed by atoms with E-state index in [1.165, 1.54) is 0 Å². The fourth-order valence-corrected chi connectivity index (χ4v) is 2.62. The van der Waals surface area contributed by atoms with Crippen molar-refractivity contribution >= 4 is 18.2 Å². The Balaban J connectivity index is 0.00000392. The summed E-state index contributed by atoms with van der Waals surface area (Å²) >= 11 is 0. The summed E-state index contributed by atoms with van der Waals surface area (Å²) in [5.41, 5.74) is 1.69. The number of para-hydroxylation sites is 1. The number of benzene rings is 2. The van der Waals surface area contributed by atoms with Gasteiger partial charge in [-0.1, -0.05) is 49.4 Å². The number of aliphatic hydroxyl groups is 1. The Morgan fingerprint density at radius 2 is 1.75 bits per heavy atom. The van der Waals surface area contributed by atoms with Crippen molar-refractivity contribution in [3.05, 3.63) is 65.7 Å². The van der Waals surface area contributed by atoms with Gasteiger partial charge in [0.15, 0.2) is 5.78 Å². The van der Waals surface area contributed by atoms with E-state index in [2.05, 4.69) is 26.1 Å². The van der Waals surface area contributed by atoms with E-state index in [1.54, 1.807) is 12.1 Å². The van der Waals surface area contributed by atoms with Crippen LogP contribution >= 0.6 is 12.4 Å². The van der Waals surface area contributed by atoms with Gasteiger partial charge in [-0.3, -0.25) is 4.79 Å². The van der Waals surface area contributed by atoms with E-state index in [1.807, 2.05) is 42.5 Å². The van der Waals surface area contributed by atoms with Crippen molar-refractivity contribution in [2.75, 3.05) is 13.2 Å². The lowest BCUT2D eigenvalue weighted by atomic mass is 10.0. The van der Waals surface area contributed by atoms with Gasteiger partial charge in [0.1, 0.15) is 18.5 Å². The van der Waals surface area contributed by atoms with Crippen LogP contribution in [0, 0.1) is 0 Å². The first kappa shape index (κ1) is 24.2. The Morgan fingerprint density at radius 1 is 1.11 bits per heavy atom. The van der Waals surface area contributed by atoms with E-state index in [4.69, 9.17) is 4.74 Å². The monoisotopic (exact) mass is 405 g/mol. The van der Waals surface area contributed by atoms with Gasteiger partial charge in [-0.05, 0) is 44.4 Å². The summed E-state index contributed by atoms with van der Waals surface area (Å²) in [7, 11) is 0. The number of nitrogens with one attached hydrogen (secondary N) is 1. The molecule has 2 rings (SSSR count). The van der Waals surface area contributed by atoms with Crippen LogP contribution < -0.4 is 10.1 Å². The molecule has 5 heteroatoms. The largest absolute Gasteiger partial charge is 0.490 e. The molecule has 0 heterocycles. The van der Waals surface area contributed by atoms with Crippen molar-refractivity contribution < 1.29 is 14.6 Å². The van der Waals surface area contributed by atoms with Gasteiger partial charge >= 0.3 is 0 Å². The Morgan fingerprint density at radius 3 is 2.43 bits per heavy atom. The number of aliphatic hydroxyl groups excluding tert-OH is 1. The number of β-amino-alcohol motifs (C(OH)–C–C–N with tert-alkyl or cyclic N) is 1. The topological polar surface area (TPSA) is 58.6 Å². The van der Waals surface area contributed by atoms with E-state index in [-0.39, 0.29) is 30.3 Å². The zero-order chi connectivity index (χ0) is 19.7. The van der Waals surface area contributed by atoms with E-state index in [9.17, 15) is 9.90 Å². The molecule has 0 bridgehead atoms. The molecule has 0 saturated heterocycles. The molecule has 0 aliphatic heterocycles. The highest BCUT2D eigenvalue weighted by Gasteiger charge is 2.17. The number of halogens is 1. The zero-order valence-corrected chi connectivity index (χ0v) is 17.8. The SMILES string of the molecule is CCC(C)(C)NC[C@H](O)COc1ccccc1C(=O)CCc1ccccc1.Cl. The summed E-state index contributed by atoms with van der Waals surface area (Å²) in [6, 6.07) is 17.2. The number of hydrogen-bond acceptors (Lipinski definition) is 4. The fourth-order valence-electron chi connectivity index (χ4n) is 2.62. The minimum atomic E-state index is -0.636. The Hall–Kier alpha value is -1.88. The van der Waals surface area contributed by atoms with Gasteiger partial charge < -0.3 is 15.2 Å². The van der Waals surface area contributed by atoms with Gasteiger partial charge in [-0.25, -0.2) is 0 Å². The third-order valence-electron chi connectivity index (χ3n) is 4.80. The first-order valence-electron chi connectivity index (χ1n) is 9.63. The van der Waals surface area contributed by atoms with Crippen LogP contribution in [-0.2, 0) is 6.42 Å². The fraction of sp³-hybridized carbons (Fsp3) is 0.435. The lowest BCUT2D eigenvalue weighted by Gasteiger charge is -2.26. The van der Waals surface area contributed by atoms with Crippen LogP contribution in [0.3, 0.4) is 0 Å². The maximum Gasteiger partial charge on any atom is 0.166 e. The van der Waals surface area contributed by atoms with Gasteiger partial charge in [0.25, 0.3) is 0 Å². The van der Waals surface area contributed by atoms with Crippen molar-refractivity contribution in [2.45, 2.75) is 51.7 Å². The molecular weight excluding hydrogens is 374 g/mol. The molecule has 0 aromatic heterocycles. The molecule has 0 spiro atoms. The van der Waals surface area contributed by atoms with E-state index in [0.717, 1.165) is 12.0 Å². The third kappa shape index (κ3) is 8.01. The molecule has 0 saturated carbocycles. The average Bonchev–Trinajstić information content (AvgIpc) is 2.70. The van der Waals surface area contributed by atoms with E-state index < -0.39 is 6.10 Å². The Labute approximate surface area is 174 Å². The molecular formula is C23H32ClNO3. The number of aryl methyl sites for hydroxylation is 1. The molecule has 1 atom stereocenters. The number of ketones is 1. The highest BCUT2D eigenvalue weighted by Crippen LogP contribution is 2.21. The third-order valence-corrected chi connectivity index (χ3v) is 4.80. The van der Waals surface area contributed by atoms with Crippen LogP contribution in [0.15, 0.2) is 54.6 Å². The normalized spacial score (nSPS) is 12.1. The first-order valence-corrected chi connectivity index (χ1v) is 9.63. The first-order chi connectivity index (χ1) is 12.9. The summed E-state index contributed by atoms with van der Waals surface area (Å²) in [5.74, 6) is 0.582. The molecule has 4 nitrogen and oxygen atoms in total. The highest BCUT2D eigenvalue weighted by molar-refractivity contribution is 5.98. The summed E-state index contributed by atoms with van der Waals surface area (Å²) in [5, 5.41) is 13.5. The van der Waals surface area contributed by atoms with Crippen LogP contribution in [0.25, 0.3) is 0 Å². The van der Waals surface area contributed by atoms with Gasteiger partial charge in [-0.2, -0.15) is 0 Å². The number of Topliss-reactive ketones (excluding diaryl/α,β-unsaturated/α-hetero) is 1. The minimum absolute atomic E-state index is 0. The van der Waals surface area contributed by atoms with Crippen LogP contribution in [0.2, 0.25) is 0 Å². The van der Waals surface area contributed by atoms with Crippen molar-refractivity contribution in [3.8, 4) is 5.75 Å². The zero-order valence-electron chi connectivity index (χ0n) is 17.0. The van der Waals surface area contributed by atoms with Crippen molar-refractivity contribution in [1.82, 2.24) is 5.32 Å². The van der Waals surface area contributed by atoms with Gasteiger partial charge in [0, 0.05) is 18.5 Å². The van der Waals surface area contributed by atoms with Gasteiger partial charge in [0.05, 0.1) is 5.56 Å². The number of hydrogen-bond donors (Lipinski definition) is 2. The predicted octanol–water partition coefficient (Wildman–Crippen LogP) is 4.44. The second-order valence-electron chi connectivity index (χ2n) is 7.49. The molecule has 0 aliphatic carbocycles. The summed E-state index contributed by atoms with van der Waals surface area (Å²) in [4.78, 5) is 12.6. The predicted molar refractivity (Wildman–Crippen MR) is 117 cm³/mol. The average molecular weight is 406 g/mol. The molecule has 0 fully saturated rings. The molecule has 154 valence electrons. The maximum atomic E-state index is 12.6. The molecule has 0 unspecified atom stereocenters. The van der Waals surface area contributed by atoms with Crippen LogP contribution in [0.5, 0.6) is 5.75 Å². The number of carbonyl (C=O) groups excluding carboxylic acids is 1. The lowest BCUT2D eigenvalue weighted by Crippen LogP contribution is -2.44. The minimum Gasteiger partial charge on any atom is -0.490 e. The Kier molecular flexibility index (Phi) is 10.2. The van der Waals surface area contributed by atoms with Gasteiger partial charge in [0.2, 0.25) is 0 Å². The Bertz CT molecular complexity index is 719. The molecule has 28 heavy (non-hydrogen) atoms. The lowest BCUT2D eigenvalue weighted by molar-refractivity contribution is 0.0927. The molecule has 2 aromatic rings. The van der Waals surface area contributed by atoms with Crippen molar-refractivity contribution in [3.63, 3.8) is 0 Å². The molecule has 2 N–H and O–H groups in total. The second kappa shape index (κ2) is 11.8. The van der Waals surface area contributed by atoms with Gasteiger partial charge in [-0.15, -0.1) is 12.4 Å². The van der Waals surface area contributed by atoms with Crippen LogP contribution in [0.1, 0.15) is 49.5 Å². The summed E-state index contributed by atoms with van der Waals surface area (Å²) in [6.07, 6.45) is 1.47. The standard InChI is InChI=1S/C23H31NO3.ClH/c1-4-23(2,3)24-16-19(25)17-27-22-13-9-8-12-20(22)21(26)15-14-18-10-6-5-7-11-18;/h5-13,19,24-25H,4,14-17H2,1-3H3;1H/t19-;/m0./s1. The van der Waals surface area contributed by atoms with E-state index >= 15 is 0 Å². The maximum absolute atomic E-state index is 12.6. The molecule has 0 amide bonds. The molecule has 0 aliphatic rings. The number of ether oxygens (including phenoxy) is 1. The van der Waals surface area contributed by atoms with Crippen molar-refractivity contribution in [2.24, 2.45) is 0 Å². The summed E-state index contributed by atoms with van der Waals surface area (Å²) < 4.78 is 5.76. The van der Waals surface area contributed by atoms with Crippen molar-refractivity contribution in [1.29, 1.82) is 0 Å². The van der Waals surface area contributed by atoms with E-state index in [0.29, 0.717) is 30.7 Å². The smallest absolute Gasteiger partial charge is 0.166 e. The number of rotatable bonds is 11. The molecule has 2 aromatic carbocycles. The quantitative estimate of drug-likeness (QED) is 0.542. The summed E-state index contributed by atoms with van der Waals surface area (Å²) in [6.45, 7) is 6.90. The molecule has 0 radical (unpaired) electrons. The second-order valence-corrected chi connectivity index (χ2v) is 7.49.